The Bertz CT molecular complexity index is 480. The zero-order valence-corrected chi connectivity index (χ0v) is 10.5. The summed E-state index contributed by atoms with van der Waals surface area (Å²) >= 11 is 0. The molecule has 1 aliphatic rings. The van der Waals surface area contributed by atoms with Crippen LogP contribution >= 0.6 is 0 Å². The van der Waals surface area contributed by atoms with Crippen LogP contribution in [0.4, 0.5) is 0 Å². The molecule has 0 spiro atoms. The van der Waals surface area contributed by atoms with Gasteiger partial charge in [0.1, 0.15) is 0 Å². The van der Waals surface area contributed by atoms with Crippen LogP contribution in [0.2, 0.25) is 0 Å². The first-order chi connectivity index (χ1) is 9.08. The maximum Gasteiger partial charge on any atom is 0.335 e. The van der Waals surface area contributed by atoms with Gasteiger partial charge >= 0.3 is 11.9 Å². The number of nitrogens with one attached hydrogen (secondary N) is 1. The molecule has 0 bridgehead atoms. The van der Waals surface area contributed by atoms with Gasteiger partial charge in [-0.15, -0.1) is 0 Å². The Morgan fingerprint density at radius 2 is 2.16 bits per heavy atom. The molecule has 2 rings (SSSR count). The number of hydrogen-bond acceptors (Lipinski definition) is 3. The fourth-order valence-electron chi connectivity index (χ4n) is 2.56. The highest BCUT2D eigenvalue weighted by Crippen LogP contribution is 2.24. The van der Waals surface area contributed by atoms with Gasteiger partial charge in [-0.25, -0.2) is 4.79 Å². The molecular weight excluding hydrogens is 246 g/mol. The number of benzene rings is 1. The fourth-order valence-corrected chi connectivity index (χ4v) is 2.56. The predicted octanol–water partition coefficient (Wildman–Crippen LogP) is 1.24. The Morgan fingerprint density at radius 1 is 1.37 bits per heavy atom. The summed E-state index contributed by atoms with van der Waals surface area (Å²) in [6, 6.07) is 6.51. The van der Waals surface area contributed by atoms with Gasteiger partial charge in [0.15, 0.2) is 0 Å². The minimum absolute atomic E-state index is 0.117. The van der Waals surface area contributed by atoms with Crippen LogP contribution in [0, 0.1) is 11.8 Å². The summed E-state index contributed by atoms with van der Waals surface area (Å²) in [5.41, 5.74) is 0.963. The third-order valence-corrected chi connectivity index (χ3v) is 3.61. The Labute approximate surface area is 111 Å². The second-order valence-corrected chi connectivity index (χ2v) is 4.91. The van der Waals surface area contributed by atoms with Gasteiger partial charge in [-0.2, -0.15) is 0 Å². The van der Waals surface area contributed by atoms with E-state index < -0.39 is 17.9 Å². The smallest absolute Gasteiger partial charge is 0.335 e. The zero-order chi connectivity index (χ0) is 13.8. The van der Waals surface area contributed by atoms with Crippen molar-refractivity contribution in [3.8, 4) is 0 Å². The molecule has 5 heteroatoms. The topological polar surface area (TPSA) is 86.6 Å². The highest BCUT2D eigenvalue weighted by Gasteiger charge is 2.30. The van der Waals surface area contributed by atoms with Gasteiger partial charge in [-0.1, -0.05) is 12.1 Å². The van der Waals surface area contributed by atoms with E-state index in [1.807, 2.05) is 0 Å². The van der Waals surface area contributed by atoms with Crippen molar-refractivity contribution in [2.45, 2.75) is 12.8 Å². The van der Waals surface area contributed by atoms with E-state index in [9.17, 15) is 14.7 Å². The molecule has 1 aromatic rings. The number of aliphatic carboxylic acids is 1. The third kappa shape index (κ3) is 3.32. The number of carboxylic acids is 2. The molecule has 1 aliphatic heterocycles. The Hall–Kier alpha value is -1.88. The molecule has 19 heavy (non-hydrogen) atoms. The van der Waals surface area contributed by atoms with Crippen molar-refractivity contribution in [3.05, 3.63) is 35.4 Å². The number of rotatable bonds is 5. The molecule has 0 aromatic heterocycles. The first-order valence-electron chi connectivity index (χ1n) is 6.33. The maximum absolute atomic E-state index is 11.4. The highest BCUT2D eigenvalue weighted by atomic mass is 16.4. The van der Waals surface area contributed by atoms with Crippen LogP contribution in [0.25, 0.3) is 0 Å². The van der Waals surface area contributed by atoms with Crippen molar-refractivity contribution in [3.63, 3.8) is 0 Å². The largest absolute Gasteiger partial charge is 0.481 e. The lowest BCUT2D eigenvalue weighted by molar-refractivity contribution is -0.143. The van der Waals surface area contributed by atoms with Crippen molar-refractivity contribution in [1.29, 1.82) is 0 Å². The SMILES string of the molecule is O=C(O)c1cccc(C[C@H](C(=O)O)[C@H]2CCNC2)c1. The molecule has 0 saturated carbocycles. The quantitative estimate of drug-likeness (QED) is 0.744. The van der Waals surface area contributed by atoms with E-state index in [1.165, 1.54) is 6.07 Å². The predicted molar refractivity (Wildman–Crippen MR) is 69.2 cm³/mol. The molecule has 3 N–H and O–H groups in total. The van der Waals surface area contributed by atoms with E-state index in [0.717, 1.165) is 25.1 Å². The monoisotopic (exact) mass is 263 g/mol. The Kier molecular flexibility index (Phi) is 4.16. The number of hydrogen-bond donors (Lipinski definition) is 3. The Balaban J connectivity index is 2.14. The van der Waals surface area contributed by atoms with Crippen molar-refractivity contribution >= 4 is 11.9 Å². The van der Waals surface area contributed by atoms with Gasteiger partial charge in [0.05, 0.1) is 11.5 Å². The van der Waals surface area contributed by atoms with Crippen LogP contribution in [-0.4, -0.2) is 35.2 Å². The molecule has 1 fully saturated rings. The van der Waals surface area contributed by atoms with E-state index in [4.69, 9.17) is 5.11 Å². The van der Waals surface area contributed by atoms with Gasteiger partial charge in [-0.05, 0) is 49.5 Å². The summed E-state index contributed by atoms with van der Waals surface area (Å²) in [5.74, 6) is -2.14. The van der Waals surface area contributed by atoms with E-state index in [1.54, 1.807) is 18.2 Å². The summed E-state index contributed by atoms with van der Waals surface area (Å²) in [6.07, 6.45) is 1.23. The molecule has 0 unspecified atom stereocenters. The van der Waals surface area contributed by atoms with Crippen molar-refractivity contribution in [1.82, 2.24) is 5.32 Å². The van der Waals surface area contributed by atoms with Crippen LogP contribution in [0.1, 0.15) is 22.3 Å². The van der Waals surface area contributed by atoms with Crippen LogP contribution in [-0.2, 0) is 11.2 Å². The third-order valence-electron chi connectivity index (χ3n) is 3.61. The van der Waals surface area contributed by atoms with Gasteiger partial charge in [0.25, 0.3) is 0 Å². The van der Waals surface area contributed by atoms with Crippen LogP contribution < -0.4 is 5.32 Å². The van der Waals surface area contributed by atoms with Crippen molar-refractivity contribution in [2.75, 3.05) is 13.1 Å². The second-order valence-electron chi connectivity index (χ2n) is 4.91. The minimum atomic E-state index is -0.990. The minimum Gasteiger partial charge on any atom is -0.481 e. The van der Waals surface area contributed by atoms with E-state index in [0.29, 0.717) is 6.42 Å². The maximum atomic E-state index is 11.4. The average Bonchev–Trinajstić information content (AvgIpc) is 2.89. The molecule has 1 heterocycles. The van der Waals surface area contributed by atoms with Crippen molar-refractivity contribution in [2.24, 2.45) is 11.8 Å². The van der Waals surface area contributed by atoms with Gasteiger partial charge in [-0.3, -0.25) is 4.79 Å². The van der Waals surface area contributed by atoms with Gasteiger partial charge in [0.2, 0.25) is 0 Å². The summed E-state index contributed by atoms with van der Waals surface area (Å²) in [6.45, 7) is 1.57. The number of carbonyl (C=O) groups is 2. The van der Waals surface area contributed by atoms with Crippen LogP contribution in [0.15, 0.2) is 24.3 Å². The standard InChI is InChI=1S/C14H17NO4/c16-13(17)10-3-1-2-9(6-10)7-12(14(18)19)11-4-5-15-8-11/h1-3,6,11-12,15H,4-5,7-8H2,(H,16,17)(H,18,19)/t11-,12-/m0/s1. The average molecular weight is 263 g/mol. The number of carboxylic acid groups (broad SMARTS) is 2. The van der Waals surface area contributed by atoms with Crippen molar-refractivity contribution < 1.29 is 19.8 Å². The van der Waals surface area contributed by atoms with Crippen LogP contribution in [0.3, 0.4) is 0 Å². The first-order valence-corrected chi connectivity index (χ1v) is 6.33. The molecule has 102 valence electrons. The zero-order valence-electron chi connectivity index (χ0n) is 10.5. The second kappa shape index (κ2) is 5.84. The lowest BCUT2D eigenvalue weighted by atomic mass is 9.86. The lowest BCUT2D eigenvalue weighted by Gasteiger charge is -2.18. The fraction of sp³-hybridized carbons (Fsp3) is 0.429. The van der Waals surface area contributed by atoms with Gasteiger partial charge in [0, 0.05) is 0 Å². The van der Waals surface area contributed by atoms with Gasteiger partial charge < -0.3 is 15.5 Å². The molecule has 0 radical (unpaired) electrons. The molecule has 0 amide bonds. The first kappa shape index (κ1) is 13.5. The Morgan fingerprint density at radius 3 is 2.74 bits per heavy atom. The summed E-state index contributed by atoms with van der Waals surface area (Å²) in [4.78, 5) is 22.3. The molecule has 1 aromatic carbocycles. The summed E-state index contributed by atoms with van der Waals surface area (Å²) in [7, 11) is 0. The molecule has 1 saturated heterocycles. The van der Waals surface area contributed by atoms with E-state index >= 15 is 0 Å². The normalized spacial score (nSPS) is 20.1. The lowest BCUT2D eigenvalue weighted by Crippen LogP contribution is -2.27. The van der Waals surface area contributed by atoms with E-state index in [2.05, 4.69) is 5.32 Å². The summed E-state index contributed by atoms with van der Waals surface area (Å²) in [5, 5.41) is 21.4. The van der Waals surface area contributed by atoms with Crippen LogP contribution in [0.5, 0.6) is 0 Å². The molecule has 5 nitrogen and oxygen atoms in total. The molecule has 0 aliphatic carbocycles. The molecule has 2 atom stereocenters. The van der Waals surface area contributed by atoms with E-state index in [-0.39, 0.29) is 11.5 Å². The summed E-state index contributed by atoms with van der Waals surface area (Å²) < 4.78 is 0. The molecular formula is C14H17NO4. The number of aromatic carboxylic acids is 1. The highest BCUT2D eigenvalue weighted by molar-refractivity contribution is 5.87.